The lowest BCUT2D eigenvalue weighted by Gasteiger charge is -2.11. The molecule has 0 aliphatic heterocycles. The highest BCUT2D eigenvalue weighted by Crippen LogP contribution is 2.65. The minimum absolute atomic E-state index is 0.147. The quantitative estimate of drug-likeness (QED) is 0.859. The molecule has 1 aromatic heterocycles. The minimum Gasteiger partial charge on any atom is -0.357 e. The van der Waals surface area contributed by atoms with Gasteiger partial charge in [0.1, 0.15) is 4.90 Å². The summed E-state index contributed by atoms with van der Waals surface area (Å²) in [4.78, 5) is 8.08. The van der Waals surface area contributed by atoms with Crippen LogP contribution in [0.3, 0.4) is 0 Å². The van der Waals surface area contributed by atoms with Crippen LogP contribution in [0.2, 0.25) is 0 Å². The summed E-state index contributed by atoms with van der Waals surface area (Å²) in [5, 5.41) is 2.77. The summed E-state index contributed by atoms with van der Waals surface area (Å²) in [6.07, 6.45) is 6.59. The van der Waals surface area contributed by atoms with Crippen molar-refractivity contribution < 1.29 is 8.42 Å². The van der Waals surface area contributed by atoms with Gasteiger partial charge in [0, 0.05) is 13.1 Å². The van der Waals surface area contributed by atoms with Crippen molar-refractivity contribution in [2.75, 3.05) is 12.4 Å². The number of sulfonamides is 1. The SMILES string of the molecule is CNc1ncc(S(=O)(=O)NC2C3C4CCC(C4)C23)cn1. The van der Waals surface area contributed by atoms with Gasteiger partial charge in [0.05, 0.1) is 12.4 Å². The van der Waals surface area contributed by atoms with Gasteiger partial charge >= 0.3 is 0 Å². The second-order valence-electron chi connectivity index (χ2n) is 6.13. The predicted molar refractivity (Wildman–Crippen MR) is 73.5 cm³/mol. The molecule has 6 nitrogen and oxygen atoms in total. The van der Waals surface area contributed by atoms with E-state index in [0.717, 1.165) is 11.8 Å². The van der Waals surface area contributed by atoms with Gasteiger partial charge in [0.2, 0.25) is 16.0 Å². The number of hydrogen-bond acceptors (Lipinski definition) is 5. The Labute approximate surface area is 118 Å². The third kappa shape index (κ3) is 1.76. The minimum atomic E-state index is -3.49. The van der Waals surface area contributed by atoms with Crippen LogP contribution >= 0.6 is 0 Å². The van der Waals surface area contributed by atoms with Gasteiger partial charge in [-0.05, 0) is 42.9 Å². The highest BCUT2D eigenvalue weighted by atomic mass is 32.2. The number of nitrogens with zero attached hydrogens (tertiary/aromatic N) is 2. The fraction of sp³-hybridized carbons (Fsp3) is 0.692. The molecule has 1 heterocycles. The summed E-state index contributed by atoms with van der Waals surface area (Å²) in [6, 6.07) is 0.148. The maximum absolute atomic E-state index is 12.3. The molecule has 7 heteroatoms. The molecule has 2 bridgehead atoms. The molecule has 3 fully saturated rings. The number of nitrogens with one attached hydrogen (secondary N) is 2. The van der Waals surface area contributed by atoms with Crippen molar-refractivity contribution in [2.24, 2.45) is 23.7 Å². The Kier molecular flexibility index (Phi) is 2.59. The molecule has 4 atom stereocenters. The third-order valence-electron chi connectivity index (χ3n) is 5.19. The Morgan fingerprint density at radius 1 is 1.15 bits per heavy atom. The number of rotatable bonds is 4. The molecular weight excluding hydrogens is 276 g/mol. The molecule has 4 rings (SSSR count). The molecular formula is C13H18N4O2S. The molecule has 4 unspecified atom stereocenters. The molecule has 1 aromatic rings. The van der Waals surface area contributed by atoms with Crippen molar-refractivity contribution >= 4 is 16.0 Å². The van der Waals surface area contributed by atoms with E-state index in [2.05, 4.69) is 20.0 Å². The summed E-state index contributed by atoms with van der Waals surface area (Å²) in [5.41, 5.74) is 0. The van der Waals surface area contributed by atoms with Gasteiger partial charge in [0.25, 0.3) is 0 Å². The first-order chi connectivity index (χ1) is 9.60. The van der Waals surface area contributed by atoms with Crippen molar-refractivity contribution in [1.82, 2.24) is 14.7 Å². The van der Waals surface area contributed by atoms with Crippen molar-refractivity contribution in [3.63, 3.8) is 0 Å². The maximum atomic E-state index is 12.3. The first-order valence-corrected chi connectivity index (χ1v) is 8.60. The lowest BCUT2D eigenvalue weighted by atomic mass is 10.0. The zero-order valence-electron chi connectivity index (χ0n) is 11.3. The first kappa shape index (κ1) is 12.5. The highest BCUT2D eigenvalue weighted by molar-refractivity contribution is 7.89. The molecule has 3 aliphatic carbocycles. The Balaban J connectivity index is 1.50. The fourth-order valence-corrected chi connectivity index (χ4v) is 5.51. The summed E-state index contributed by atoms with van der Waals surface area (Å²) >= 11 is 0. The van der Waals surface area contributed by atoms with Gasteiger partial charge in [0.15, 0.2) is 0 Å². The van der Waals surface area contributed by atoms with Crippen LogP contribution in [0.1, 0.15) is 19.3 Å². The molecule has 3 aliphatic rings. The monoisotopic (exact) mass is 294 g/mol. The first-order valence-electron chi connectivity index (χ1n) is 7.12. The summed E-state index contributed by atoms with van der Waals surface area (Å²) < 4.78 is 27.5. The van der Waals surface area contributed by atoms with Gasteiger partial charge in [-0.15, -0.1) is 0 Å². The molecule has 3 saturated carbocycles. The largest absolute Gasteiger partial charge is 0.357 e. The smallest absolute Gasteiger partial charge is 0.243 e. The average Bonchev–Trinajstić information content (AvgIpc) is 2.86. The van der Waals surface area contributed by atoms with Crippen LogP contribution in [-0.4, -0.2) is 31.5 Å². The van der Waals surface area contributed by atoms with Crippen LogP contribution < -0.4 is 10.0 Å². The maximum Gasteiger partial charge on any atom is 0.243 e. The lowest BCUT2D eigenvalue weighted by molar-refractivity contribution is 0.456. The fourth-order valence-electron chi connectivity index (χ4n) is 4.31. The molecule has 0 aromatic carbocycles. The molecule has 0 spiro atoms. The van der Waals surface area contributed by atoms with E-state index in [0.29, 0.717) is 17.8 Å². The topological polar surface area (TPSA) is 84.0 Å². The van der Waals surface area contributed by atoms with Crippen molar-refractivity contribution in [1.29, 1.82) is 0 Å². The second-order valence-corrected chi connectivity index (χ2v) is 7.84. The van der Waals surface area contributed by atoms with Crippen molar-refractivity contribution in [3.05, 3.63) is 12.4 Å². The van der Waals surface area contributed by atoms with Crippen LogP contribution in [0, 0.1) is 23.7 Å². The van der Waals surface area contributed by atoms with E-state index in [4.69, 9.17) is 0 Å². The van der Waals surface area contributed by atoms with Crippen molar-refractivity contribution in [3.8, 4) is 0 Å². The van der Waals surface area contributed by atoms with E-state index in [-0.39, 0.29) is 10.9 Å². The molecule has 108 valence electrons. The van der Waals surface area contributed by atoms with E-state index in [1.165, 1.54) is 31.7 Å². The van der Waals surface area contributed by atoms with E-state index >= 15 is 0 Å². The number of anilines is 1. The molecule has 0 amide bonds. The Morgan fingerprint density at radius 3 is 2.30 bits per heavy atom. The second kappa shape index (κ2) is 4.14. The highest BCUT2D eigenvalue weighted by Gasteiger charge is 2.65. The molecule has 0 radical (unpaired) electrons. The Morgan fingerprint density at radius 2 is 1.75 bits per heavy atom. The van der Waals surface area contributed by atoms with Crippen molar-refractivity contribution in [2.45, 2.75) is 30.2 Å². The van der Waals surface area contributed by atoms with Gasteiger partial charge in [-0.2, -0.15) is 0 Å². The standard InChI is InChI=1S/C13H18N4O2S/c1-14-13-15-5-9(6-16-13)20(18,19)17-12-10-7-2-3-8(4-7)11(10)12/h5-8,10-12,17H,2-4H2,1H3,(H,14,15,16). The van der Waals surface area contributed by atoms with Crippen LogP contribution in [0.15, 0.2) is 17.3 Å². The zero-order chi connectivity index (χ0) is 13.9. The summed E-state index contributed by atoms with van der Waals surface area (Å²) in [5.74, 6) is 3.09. The van der Waals surface area contributed by atoms with Gasteiger partial charge < -0.3 is 5.32 Å². The Hall–Kier alpha value is -1.21. The van der Waals surface area contributed by atoms with E-state index in [1.807, 2.05) is 0 Å². The third-order valence-corrected chi connectivity index (χ3v) is 6.60. The number of aromatic nitrogens is 2. The number of fused-ring (bicyclic) bond motifs is 5. The summed E-state index contributed by atoms with van der Waals surface area (Å²) in [7, 11) is -1.79. The lowest BCUT2D eigenvalue weighted by Crippen LogP contribution is -2.30. The number of hydrogen-bond donors (Lipinski definition) is 2. The van der Waals surface area contributed by atoms with Gasteiger partial charge in [-0.3, -0.25) is 0 Å². The Bertz CT molecular complexity index is 614. The summed E-state index contributed by atoms with van der Waals surface area (Å²) in [6.45, 7) is 0. The van der Waals surface area contributed by atoms with E-state index in [9.17, 15) is 8.42 Å². The molecule has 2 N–H and O–H groups in total. The normalized spacial score (nSPS) is 37.8. The van der Waals surface area contributed by atoms with Crippen LogP contribution in [0.25, 0.3) is 0 Å². The van der Waals surface area contributed by atoms with Gasteiger partial charge in [-0.1, -0.05) is 0 Å². The predicted octanol–water partition coefficient (Wildman–Crippen LogP) is 0.841. The van der Waals surface area contributed by atoms with Crippen LogP contribution in [0.4, 0.5) is 5.95 Å². The van der Waals surface area contributed by atoms with E-state index < -0.39 is 10.0 Å². The van der Waals surface area contributed by atoms with Crippen LogP contribution in [-0.2, 0) is 10.0 Å². The average molecular weight is 294 g/mol. The van der Waals surface area contributed by atoms with Gasteiger partial charge in [-0.25, -0.2) is 23.1 Å². The zero-order valence-corrected chi connectivity index (χ0v) is 12.1. The molecule has 20 heavy (non-hydrogen) atoms. The van der Waals surface area contributed by atoms with E-state index in [1.54, 1.807) is 7.05 Å². The van der Waals surface area contributed by atoms with Crippen LogP contribution in [0.5, 0.6) is 0 Å². The molecule has 0 saturated heterocycles.